The van der Waals surface area contributed by atoms with Crippen LogP contribution in [0.25, 0.3) is 0 Å². The van der Waals surface area contributed by atoms with Crippen molar-refractivity contribution in [3.05, 3.63) is 46.5 Å². The summed E-state index contributed by atoms with van der Waals surface area (Å²) in [5.74, 6) is 2.48. The van der Waals surface area contributed by atoms with Gasteiger partial charge in [-0.25, -0.2) is 0 Å². The highest BCUT2D eigenvalue weighted by Gasteiger charge is 2.60. The van der Waals surface area contributed by atoms with E-state index < -0.39 is 17.7 Å². The predicted molar refractivity (Wildman–Crippen MR) is 93.1 cm³/mol. The summed E-state index contributed by atoms with van der Waals surface area (Å²) >= 11 is 0. The van der Waals surface area contributed by atoms with Crippen molar-refractivity contribution < 1.29 is 29.2 Å². The van der Waals surface area contributed by atoms with Gasteiger partial charge >= 0.3 is 0 Å². The molecule has 2 N–H and O–H groups in total. The maximum Gasteiger partial charge on any atom is 0.231 e. The summed E-state index contributed by atoms with van der Waals surface area (Å²) in [6, 6.07) is 7.49. The Morgan fingerprint density at radius 1 is 0.963 bits per heavy atom. The summed E-state index contributed by atoms with van der Waals surface area (Å²) in [6.07, 6.45) is -1.08. The molecule has 2 aromatic rings. The zero-order valence-electron chi connectivity index (χ0n) is 14.8. The van der Waals surface area contributed by atoms with Gasteiger partial charge in [-0.3, -0.25) is 4.90 Å². The molecule has 3 unspecified atom stereocenters. The van der Waals surface area contributed by atoms with Crippen LogP contribution in [0.2, 0.25) is 0 Å². The molecule has 7 nitrogen and oxygen atoms in total. The van der Waals surface area contributed by atoms with Crippen molar-refractivity contribution >= 4 is 0 Å². The number of ether oxygens (including phenoxy) is 4. The van der Waals surface area contributed by atoms with E-state index >= 15 is 0 Å². The van der Waals surface area contributed by atoms with Crippen LogP contribution >= 0.6 is 0 Å². The fraction of sp³-hybridized carbons (Fsp3) is 0.400. The van der Waals surface area contributed by atoms with Crippen LogP contribution in [-0.4, -0.2) is 42.3 Å². The molecule has 0 saturated heterocycles. The average Bonchev–Trinajstić information content (AvgIpc) is 3.37. The second kappa shape index (κ2) is 5.07. The topological polar surface area (TPSA) is 80.6 Å². The largest absolute Gasteiger partial charge is 0.454 e. The van der Waals surface area contributed by atoms with Gasteiger partial charge in [0, 0.05) is 12.1 Å². The maximum absolute atomic E-state index is 11.5. The summed E-state index contributed by atoms with van der Waals surface area (Å²) in [4.78, 5) is 2.04. The molecule has 0 fully saturated rings. The van der Waals surface area contributed by atoms with E-state index in [-0.39, 0.29) is 13.6 Å². The Morgan fingerprint density at radius 2 is 1.70 bits per heavy atom. The van der Waals surface area contributed by atoms with E-state index in [0.717, 1.165) is 17.5 Å². The first-order valence-corrected chi connectivity index (χ1v) is 9.05. The molecule has 1 aliphatic carbocycles. The van der Waals surface area contributed by atoms with Crippen LogP contribution < -0.4 is 18.9 Å². The lowest BCUT2D eigenvalue weighted by atomic mass is 9.75. The smallest absolute Gasteiger partial charge is 0.231 e. The molecule has 1 spiro atoms. The second-order valence-corrected chi connectivity index (χ2v) is 7.47. The standard InChI is InChI=1S/C20H19NO6/c1-21-5-4-10-6-14-15(26-8-25-14)7-12(10)20(21)18(22)11-2-3-13-17(27-9-24-13)16(11)19(20)23/h2-3,6-7,18-19,22-23H,4-5,8-9H2,1H3. The predicted octanol–water partition coefficient (Wildman–Crippen LogP) is 1.61. The molecule has 0 bridgehead atoms. The zero-order valence-corrected chi connectivity index (χ0v) is 14.8. The Morgan fingerprint density at radius 3 is 2.56 bits per heavy atom. The fourth-order valence-electron chi connectivity index (χ4n) is 5.09. The second-order valence-electron chi connectivity index (χ2n) is 7.47. The Labute approximate surface area is 155 Å². The van der Waals surface area contributed by atoms with Crippen molar-refractivity contribution in [1.82, 2.24) is 4.90 Å². The van der Waals surface area contributed by atoms with Crippen LogP contribution in [0.3, 0.4) is 0 Å². The molecule has 7 heteroatoms. The van der Waals surface area contributed by atoms with Crippen LogP contribution in [0.4, 0.5) is 0 Å². The number of aliphatic hydroxyl groups is 2. The molecule has 0 saturated carbocycles. The van der Waals surface area contributed by atoms with Crippen molar-refractivity contribution in [2.24, 2.45) is 0 Å². The van der Waals surface area contributed by atoms with Gasteiger partial charge < -0.3 is 29.2 Å². The molecule has 6 rings (SSSR count). The van der Waals surface area contributed by atoms with Gasteiger partial charge in [0.2, 0.25) is 13.6 Å². The van der Waals surface area contributed by atoms with Gasteiger partial charge in [0.25, 0.3) is 0 Å². The summed E-state index contributed by atoms with van der Waals surface area (Å²) in [6.45, 7) is 1.01. The summed E-state index contributed by atoms with van der Waals surface area (Å²) < 4.78 is 22.2. The molecular weight excluding hydrogens is 350 g/mol. The van der Waals surface area contributed by atoms with E-state index in [1.54, 1.807) is 6.07 Å². The third kappa shape index (κ3) is 1.72. The third-order valence-electron chi connectivity index (χ3n) is 6.39. The fourth-order valence-corrected chi connectivity index (χ4v) is 5.09. The third-order valence-corrected chi connectivity index (χ3v) is 6.39. The lowest BCUT2D eigenvalue weighted by Gasteiger charge is -2.48. The maximum atomic E-state index is 11.5. The molecule has 0 aromatic heterocycles. The molecule has 4 aliphatic rings. The summed E-state index contributed by atoms with van der Waals surface area (Å²) in [5, 5.41) is 23.0. The minimum absolute atomic E-state index is 0.118. The molecule has 3 heterocycles. The highest BCUT2D eigenvalue weighted by molar-refractivity contribution is 5.62. The monoisotopic (exact) mass is 369 g/mol. The lowest BCUT2D eigenvalue weighted by Crippen LogP contribution is -2.53. The van der Waals surface area contributed by atoms with Crippen LogP contribution in [-0.2, 0) is 12.0 Å². The van der Waals surface area contributed by atoms with E-state index in [0.29, 0.717) is 40.7 Å². The first kappa shape index (κ1) is 15.6. The molecule has 3 atom stereocenters. The number of hydrogen-bond acceptors (Lipinski definition) is 7. The number of rotatable bonds is 0. The highest BCUT2D eigenvalue weighted by atomic mass is 16.7. The van der Waals surface area contributed by atoms with Crippen LogP contribution in [0, 0.1) is 0 Å². The molecule has 0 amide bonds. The normalized spacial score (nSPS) is 29.9. The van der Waals surface area contributed by atoms with Crippen molar-refractivity contribution in [3.8, 4) is 23.0 Å². The molecule has 27 heavy (non-hydrogen) atoms. The molecule has 140 valence electrons. The van der Waals surface area contributed by atoms with Gasteiger partial charge in [-0.05, 0) is 48.4 Å². The molecule has 0 radical (unpaired) electrons. The summed E-state index contributed by atoms with van der Waals surface area (Å²) in [7, 11) is 1.93. The SMILES string of the molecule is CN1CCc2cc3c(cc2C12C(O)c1ccc4c(c1C2O)OCO4)OCO3. The Bertz CT molecular complexity index is 975. The zero-order chi connectivity index (χ0) is 18.3. The van der Waals surface area contributed by atoms with Gasteiger partial charge in [0.05, 0.1) is 0 Å². The Kier molecular flexibility index (Phi) is 2.92. The lowest BCUT2D eigenvalue weighted by molar-refractivity contribution is -0.0951. The van der Waals surface area contributed by atoms with Crippen molar-refractivity contribution in [2.45, 2.75) is 24.2 Å². The number of nitrogens with zero attached hydrogens (tertiary/aromatic N) is 1. The van der Waals surface area contributed by atoms with E-state index in [1.165, 1.54) is 0 Å². The van der Waals surface area contributed by atoms with Crippen molar-refractivity contribution in [3.63, 3.8) is 0 Å². The quantitative estimate of drug-likeness (QED) is 0.730. The van der Waals surface area contributed by atoms with E-state index in [4.69, 9.17) is 18.9 Å². The van der Waals surface area contributed by atoms with Crippen LogP contribution in [0.1, 0.15) is 34.5 Å². The van der Waals surface area contributed by atoms with E-state index in [2.05, 4.69) is 0 Å². The minimum Gasteiger partial charge on any atom is -0.454 e. The van der Waals surface area contributed by atoms with Gasteiger partial charge in [-0.15, -0.1) is 0 Å². The number of hydrogen-bond donors (Lipinski definition) is 2. The first-order valence-electron chi connectivity index (χ1n) is 9.05. The van der Waals surface area contributed by atoms with Gasteiger partial charge in [0.15, 0.2) is 23.0 Å². The van der Waals surface area contributed by atoms with Gasteiger partial charge in [-0.2, -0.15) is 0 Å². The number of likely N-dealkylation sites (N-methyl/N-ethyl adjacent to an activating group) is 1. The number of aliphatic hydroxyl groups excluding tert-OH is 2. The van der Waals surface area contributed by atoms with Crippen molar-refractivity contribution in [1.29, 1.82) is 0 Å². The average molecular weight is 369 g/mol. The molecule has 2 aromatic carbocycles. The Hall–Kier alpha value is -2.48. The Balaban J connectivity index is 1.61. The number of benzene rings is 2. The number of fused-ring (bicyclic) bond motifs is 6. The minimum atomic E-state index is -1.02. The van der Waals surface area contributed by atoms with Crippen LogP contribution in [0.15, 0.2) is 24.3 Å². The van der Waals surface area contributed by atoms with Gasteiger partial charge in [0.1, 0.15) is 17.7 Å². The first-order chi connectivity index (χ1) is 13.1. The van der Waals surface area contributed by atoms with Crippen LogP contribution in [0.5, 0.6) is 23.0 Å². The summed E-state index contributed by atoms with van der Waals surface area (Å²) in [5.41, 5.74) is 2.18. The molecular formula is C20H19NO6. The highest BCUT2D eigenvalue weighted by Crippen LogP contribution is 2.62. The molecule has 3 aliphatic heterocycles. The van der Waals surface area contributed by atoms with E-state index in [1.807, 2.05) is 30.1 Å². The van der Waals surface area contributed by atoms with E-state index in [9.17, 15) is 10.2 Å². The van der Waals surface area contributed by atoms with Gasteiger partial charge in [-0.1, -0.05) is 6.07 Å². The van der Waals surface area contributed by atoms with Crippen molar-refractivity contribution in [2.75, 3.05) is 27.2 Å².